The summed E-state index contributed by atoms with van der Waals surface area (Å²) in [4.78, 5) is 13.1. The van der Waals surface area contributed by atoms with E-state index in [1.165, 1.54) is 0 Å². The van der Waals surface area contributed by atoms with Crippen molar-refractivity contribution in [3.63, 3.8) is 0 Å². The fourth-order valence-electron chi connectivity index (χ4n) is 1.72. The van der Waals surface area contributed by atoms with Gasteiger partial charge in [0.25, 0.3) is 5.56 Å². The summed E-state index contributed by atoms with van der Waals surface area (Å²) in [5.41, 5.74) is 1.18. The molecule has 0 aliphatic heterocycles. The zero-order valence-electron chi connectivity index (χ0n) is 9.97. The fourth-order valence-corrected chi connectivity index (χ4v) is 1.72. The average molecular weight is 250 g/mol. The molecule has 0 amide bonds. The highest BCUT2D eigenvalue weighted by Gasteiger charge is 2.02. The number of fused-ring (bicyclic) bond motifs is 1. The first-order valence-corrected chi connectivity index (χ1v) is 5.79. The lowest BCUT2D eigenvalue weighted by Gasteiger charge is -1.98. The minimum absolute atomic E-state index is 0.280. The van der Waals surface area contributed by atoms with Crippen molar-refractivity contribution in [1.29, 1.82) is 0 Å². The molecule has 0 atom stereocenters. The summed E-state index contributed by atoms with van der Waals surface area (Å²) >= 11 is 0. The molecule has 5 nitrogen and oxygen atoms in total. The van der Waals surface area contributed by atoms with Crippen LogP contribution in [0.5, 0.6) is 0 Å². The smallest absolute Gasteiger partial charge is 0.265 e. The van der Waals surface area contributed by atoms with Gasteiger partial charge in [0.15, 0.2) is 0 Å². The molecule has 5 heteroatoms. The van der Waals surface area contributed by atoms with Crippen LogP contribution < -0.4 is 5.56 Å². The summed E-state index contributed by atoms with van der Waals surface area (Å²) < 4.78 is 0. The van der Waals surface area contributed by atoms with Crippen LogP contribution in [0.1, 0.15) is 5.56 Å². The van der Waals surface area contributed by atoms with Gasteiger partial charge in [-0.15, -0.1) is 5.10 Å². The van der Waals surface area contributed by atoms with Crippen molar-refractivity contribution in [3.8, 4) is 0 Å². The lowest BCUT2D eigenvalue weighted by molar-refractivity contribution is 0.641. The van der Waals surface area contributed by atoms with E-state index in [2.05, 4.69) is 15.4 Å². The minimum Gasteiger partial charge on any atom is -0.265 e. The molecule has 0 spiro atoms. The van der Waals surface area contributed by atoms with Crippen LogP contribution in [-0.4, -0.2) is 21.3 Å². The maximum absolute atomic E-state index is 12.1. The first kappa shape index (κ1) is 11.3. The average Bonchev–Trinajstić information content (AvgIpc) is 2.48. The molecule has 0 aliphatic carbocycles. The van der Waals surface area contributed by atoms with Crippen LogP contribution in [0, 0.1) is 0 Å². The van der Waals surface area contributed by atoms with Gasteiger partial charge in [-0.05, 0) is 22.9 Å². The van der Waals surface area contributed by atoms with Crippen molar-refractivity contribution in [2.75, 3.05) is 0 Å². The molecular weight excluding hydrogens is 240 g/mol. The Balaban J connectivity index is 2.05. The molecule has 3 rings (SSSR count). The highest BCUT2D eigenvalue weighted by molar-refractivity contribution is 5.79. The molecule has 3 aromatic rings. The fraction of sp³-hybridized carbons (Fsp3) is 0. The number of hydrogen-bond acceptors (Lipinski definition) is 4. The number of rotatable bonds is 2. The Morgan fingerprint density at radius 2 is 1.74 bits per heavy atom. The SMILES string of the molecule is O=c1c2ccccc2nnn1/N=C/c1ccccc1. The van der Waals surface area contributed by atoms with E-state index < -0.39 is 0 Å². The van der Waals surface area contributed by atoms with E-state index in [1.54, 1.807) is 24.4 Å². The zero-order chi connectivity index (χ0) is 13.1. The van der Waals surface area contributed by atoms with Gasteiger partial charge in [0.2, 0.25) is 0 Å². The molecule has 92 valence electrons. The van der Waals surface area contributed by atoms with Crippen molar-refractivity contribution >= 4 is 17.1 Å². The van der Waals surface area contributed by atoms with Crippen LogP contribution in [0.25, 0.3) is 10.9 Å². The van der Waals surface area contributed by atoms with Gasteiger partial charge in [-0.25, -0.2) is 0 Å². The number of aromatic nitrogens is 3. The molecule has 19 heavy (non-hydrogen) atoms. The lowest BCUT2D eigenvalue weighted by atomic mass is 10.2. The second kappa shape index (κ2) is 4.81. The largest absolute Gasteiger partial charge is 0.299 e. The van der Waals surface area contributed by atoms with E-state index in [9.17, 15) is 4.79 Å². The third-order valence-corrected chi connectivity index (χ3v) is 2.67. The monoisotopic (exact) mass is 250 g/mol. The summed E-state index contributed by atoms with van der Waals surface area (Å²) in [6.07, 6.45) is 1.57. The number of nitrogens with zero attached hydrogens (tertiary/aromatic N) is 4. The highest BCUT2D eigenvalue weighted by atomic mass is 16.1. The molecule has 0 bridgehead atoms. The topological polar surface area (TPSA) is 60.1 Å². The Morgan fingerprint density at radius 3 is 2.58 bits per heavy atom. The van der Waals surface area contributed by atoms with Crippen molar-refractivity contribution < 1.29 is 0 Å². The van der Waals surface area contributed by atoms with E-state index >= 15 is 0 Å². The molecule has 0 radical (unpaired) electrons. The van der Waals surface area contributed by atoms with E-state index in [4.69, 9.17) is 0 Å². The van der Waals surface area contributed by atoms with Gasteiger partial charge in [-0.3, -0.25) is 4.79 Å². The number of hydrogen-bond donors (Lipinski definition) is 0. The predicted octanol–water partition coefficient (Wildman–Crippen LogP) is 1.67. The molecule has 0 saturated carbocycles. The molecule has 0 unspecified atom stereocenters. The molecule has 0 aliphatic rings. The van der Waals surface area contributed by atoms with E-state index in [-0.39, 0.29) is 5.56 Å². The van der Waals surface area contributed by atoms with Crippen LogP contribution in [0.2, 0.25) is 0 Å². The standard InChI is InChI=1S/C14H10N4O/c19-14-12-8-4-5-9-13(12)16-17-18(14)15-10-11-6-2-1-3-7-11/h1-10H/b15-10+. The van der Waals surface area contributed by atoms with Gasteiger partial charge in [0.1, 0.15) is 5.52 Å². The van der Waals surface area contributed by atoms with Crippen molar-refractivity contribution in [1.82, 2.24) is 15.1 Å². The van der Waals surface area contributed by atoms with Crippen LogP contribution in [0.3, 0.4) is 0 Å². The summed E-state index contributed by atoms with van der Waals surface area (Å²) in [5, 5.41) is 12.3. The Hall–Kier alpha value is -2.82. The Kier molecular flexibility index (Phi) is 2.86. The quantitative estimate of drug-likeness (QED) is 0.650. The van der Waals surface area contributed by atoms with E-state index in [0.717, 1.165) is 10.4 Å². The van der Waals surface area contributed by atoms with Gasteiger partial charge >= 0.3 is 0 Å². The van der Waals surface area contributed by atoms with Crippen molar-refractivity contribution in [3.05, 3.63) is 70.5 Å². The Morgan fingerprint density at radius 1 is 1.00 bits per heavy atom. The van der Waals surface area contributed by atoms with Crippen LogP contribution >= 0.6 is 0 Å². The van der Waals surface area contributed by atoms with Gasteiger partial charge in [0, 0.05) is 0 Å². The zero-order valence-corrected chi connectivity index (χ0v) is 9.97. The van der Waals surface area contributed by atoms with Gasteiger partial charge in [-0.1, -0.05) is 47.3 Å². The summed E-state index contributed by atoms with van der Waals surface area (Å²) in [6.45, 7) is 0. The van der Waals surface area contributed by atoms with Gasteiger partial charge < -0.3 is 0 Å². The highest BCUT2D eigenvalue weighted by Crippen LogP contribution is 2.03. The van der Waals surface area contributed by atoms with Crippen molar-refractivity contribution in [2.24, 2.45) is 5.10 Å². The number of benzene rings is 2. The van der Waals surface area contributed by atoms with E-state index in [1.807, 2.05) is 36.4 Å². The molecule has 1 heterocycles. The first-order valence-electron chi connectivity index (χ1n) is 5.79. The Labute approximate surface area is 108 Å². The van der Waals surface area contributed by atoms with Crippen LogP contribution in [0.4, 0.5) is 0 Å². The lowest BCUT2D eigenvalue weighted by Crippen LogP contribution is -2.20. The first-order chi connectivity index (χ1) is 9.34. The van der Waals surface area contributed by atoms with Gasteiger partial charge in [0.05, 0.1) is 11.6 Å². The van der Waals surface area contributed by atoms with Gasteiger partial charge in [-0.2, -0.15) is 5.10 Å². The summed E-state index contributed by atoms with van der Waals surface area (Å²) in [5.74, 6) is 0. The summed E-state index contributed by atoms with van der Waals surface area (Å²) in [7, 11) is 0. The molecule has 0 fully saturated rings. The third kappa shape index (κ3) is 2.26. The van der Waals surface area contributed by atoms with Crippen LogP contribution in [0.15, 0.2) is 64.5 Å². The van der Waals surface area contributed by atoms with E-state index in [0.29, 0.717) is 10.9 Å². The second-order valence-corrected chi connectivity index (χ2v) is 3.96. The second-order valence-electron chi connectivity index (χ2n) is 3.96. The van der Waals surface area contributed by atoms with Crippen LogP contribution in [-0.2, 0) is 0 Å². The molecular formula is C14H10N4O. The van der Waals surface area contributed by atoms with Crippen molar-refractivity contribution in [2.45, 2.75) is 0 Å². The molecule has 0 N–H and O–H groups in total. The Bertz CT molecular complexity index is 793. The molecule has 0 saturated heterocycles. The normalized spacial score (nSPS) is 11.2. The molecule has 1 aromatic heterocycles. The minimum atomic E-state index is -0.280. The predicted molar refractivity (Wildman–Crippen MR) is 73.2 cm³/mol. The third-order valence-electron chi connectivity index (χ3n) is 2.67. The summed E-state index contributed by atoms with van der Waals surface area (Å²) in [6, 6.07) is 16.6. The molecule has 2 aromatic carbocycles. The maximum atomic E-state index is 12.1. The maximum Gasteiger partial charge on any atom is 0.299 e.